The summed E-state index contributed by atoms with van der Waals surface area (Å²) in [5.74, 6) is 0.664. The van der Waals surface area contributed by atoms with Crippen molar-refractivity contribution in [2.45, 2.75) is 15.2 Å². The SMILES string of the molecule is c1ccc2c(c1)Sc1cc3c4c5ccccc5ccc4n(-c4nc(-c5ccc6ccccc6c5)c5ccccc5n4)c3cc1C21c2ccccc2-c2ccccc21. The van der Waals surface area contributed by atoms with Crippen molar-refractivity contribution in [3.05, 3.63) is 210 Å². The molecule has 3 nitrogen and oxygen atoms in total. The van der Waals surface area contributed by atoms with Crippen LogP contribution in [0.3, 0.4) is 0 Å². The fourth-order valence-electron chi connectivity index (χ4n) is 10.1. The Hall–Kier alpha value is -7.01. The summed E-state index contributed by atoms with van der Waals surface area (Å²) in [7, 11) is 0. The van der Waals surface area contributed by atoms with Gasteiger partial charge in [0.1, 0.15) is 0 Å². The Morgan fingerprint density at radius 2 is 1.07 bits per heavy atom. The van der Waals surface area contributed by atoms with Crippen LogP contribution in [-0.4, -0.2) is 14.5 Å². The van der Waals surface area contributed by atoms with Crippen LogP contribution < -0.4 is 0 Å². The fraction of sp³-hybridized carbons (Fsp3) is 0.0189. The van der Waals surface area contributed by atoms with Crippen LogP contribution in [0.1, 0.15) is 22.3 Å². The summed E-state index contributed by atoms with van der Waals surface area (Å²) in [6.07, 6.45) is 0. The van der Waals surface area contributed by atoms with E-state index in [2.05, 4.69) is 193 Å². The summed E-state index contributed by atoms with van der Waals surface area (Å²) in [6.45, 7) is 0. The molecule has 1 aliphatic heterocycles. The molecule has 0 N–H and O–H groups in total. The Balaban J connectivity index is 1.18. The van der Waals surface area contributed by atoms with Gasteiger partial charge in [0.25, 0.3) is 0 Å². The second-order valence-corrected chi connectivity index (χ2v) is 16.4. The third-order valence-corrected chi connectivity index (χ3v) is 13.6. The van der Waals surface area contributed by atoms with Crippen LogP contribution >= 0.6 is 11.8 Å². The molecule has 9 aromatic carbocycles. The topological polar surface area (TPSA) is 30.7 Å². The van der Waals surface area contributed by atoms with Gasteiger partial charge in [0, 0.05) is 31.5 Å². The second-order valence-electron chi connectivity index (χ2n) is 15.3. The van der Waals surface area contributed by atoms with Gasteiger partial charge in [0.15, 0.2) is 0 Å². The van der Waals surface area contributed by atoms with E-state index in [1.54, 1.807) is 0 Å². The molecule has 1 aliphatic carbocycles. The molecule has 0 saturated heterocycles. The van der Waals surface area contributed by atoms with E-state index in [1.807, 2.05) is 11.8 Å². The van der Waals surface area contributed by atoms with E-state index in [0.29, 0.717) is 5.95 Å². The van der Waals surface area contributed by atoms with Crippen LogP contribution in [0.25, 0.3) is 82.6 Å². The van der Waals surface area contributed by atoms with Crippen molar-refractivity contribution in [1.82, 2.24) is 14.5 Å². The average molecular weight is 742 g/mol. The first kappa shape index (κ1) is 31.2. The maximum atomic E-state index is 5.56. The van der Waals surface area contributed by atoms with Gasteiger partial charge in [0.2, 0.25) is 5.95 Å². The zero-order valence-corrected chi connectivity index (χ0v) is 31.5. The molecule has 2 aromatic heterocycles. The van der Waals surface area contributed by atoms with Gasteiger partial charge in [-0.3, -0.25) is 4.57 Å². The van der Waals surface area contributed by atoms with Gasteiger partial charge < -0.3 is 0 Å². The third kappa shape index (κ3) is 4.17. The monoisotopic (exact) mass is 741 g/mol. The number of para-hydroxylation sites is 1. The highest BCUT2D eigenvalue weighted by Gasteiger charge is 2.50. The van der Waals surface area contributed by atoms with E-state index in [1.165, 1.54) is 75.5 Å². The largest absolute Gasteiger partial charge is 0.278 e. The minimum absolute atomic E-state index is 0.498. The normalized spacial score (nSPS) is 13.7. The Morgan fingerprint density at radius 3 is 1.89 bits per heavy atom. The van der Waals surface area contributed by atoms with Crippen LogP contribution in [0.2, 0.25) is 0 Å². The number of rotatable bonds is 2. The Bertz CT molecular complexity index is 3480. The molecule has 0 radical (unpaired) electrons. The standard InChI is InChI=1S/C53H31N3S/c1-2-15-34-29-35(26-25-32(34)13-1)51-39-19-7-11-23-45(39)54-52(55-51)56-46-28-27-33-14-3-4-16-36(33)50(46)40-30-49-44(31-47(40)56)53(43-22-10-12-24-48(43)57-49)41-20-8-5-17-37(41)38-18-6-9-21-42(38)53/h1-31H. The molecule has 57 heavy (non-hydrogen) atoms. The molecule has 1 spiro atoms. The molecule has 11 aromatic rings. The Labute approximate surface area is 332 Å². The van der Waals surface area contributed by atoms with E-state index in [-0.39, 0.29) is 0 Å². The number of fused-ring (bicyclic) bond motifs is 16. The zero-order chi connectivity index (χ0) is 37.2. The number of aromatic nitrogens is 3. The molecule has 3 heterocycles. The first-order chi connectivity index (χ1) is 28.3. The second kappa shape index (κ2) is 11.5. The lowest BCUT2D eigenvalue weighted by molar-refractivity contribution is 0.723. The van der Waals surface area contributed by atoms with Gasteiger partial charge in [-0.1, -0.05) is 163 Å². The molecule has 0 atom stereocenters. The van der Waals surface area contributed by atoms with Gasteiger partial charge >= 0.3 is 0 Å². The highest BCUT2D eigenvalue weighted by atomic mass is 32.2. The lowest BCUT2D eigenvalue weighted by Gasteiger charge is -2.39. The Morgan fingerprint density at radius 1 is 0.421 bits per heavy atom. The van der Waals surface area contributed by atoms with E-state index in [0.717, 1.165) is 33.2 Å². The summed E-state index contributed by atoms with van der Waals surface area (Å²) < 4.78 is 2.33. The summed E-state index contributed by atoms with van der Waals surface area (Å²) >= 11 is 1.89. The van der Waals surface area contributed by atoms with Gasteiger partial charge in [-0.25, -0.2) is 9.97 Å². The maximum absolute atomic E-state index is 5.56. The molecular weight excluding hydrogens is 711 g/mol. The van der Waals surface area contributed by atoms with E-state index in [4.69, 9.17) is 9.97 Å². The summed E-state index contributed by atoms with van der Waals surface area (Å²) in [5, 5.41) is 8.29. The van der Waals surface area contributed by atoms with Crippen molar-refractivity contribution in [2.75, 3.05) is 0 Å². The minimum atomic E-state index is -0.498. The van der Waals surface area contributed by atoms with E-state index >= 15 is 0 Å². The van der Waals surface area contributed by atoms with Gasteiger partial charge in [-0.2, -0.15) is 0 Å². The number of benzene rings is 9. The number of nitrogens with zero attached hydrogens (tertiary/aromatic N) is 3. The van der Waals surface area contributed by atoms with Crippen molar-refractivity contribution >= 4 is 66.0 Å². The van der Waals surface area contributed by atoms with Gasteiger partial charge in [0.05, 0.1) is 27.7 Å². The molecule has 0 bridgehead atoms. The minimum Gasteiger partial charge on any atom is -0.278 e. The molecule has 0 saturated carbocycles. The number of hydrogen-bond donors (Lipinski definition) is 0. The summed E-state index contributed by atoms with van der Waals surface area (Å²) in [4.78, 5) is 13.5. The molecule has 264 valence electrons. The van der Waals surface area contributed by atoms with Crippen LogP contribution in [0, 0.1) is 0 Å². The first-order valence-electron chi connectivity index (χ1n) is 19.5. The predicted molar refractivity (Wildman–Crippen MR) is 236 cm³/mol. The van der Waals surface area contributed by atoms with Crippen LogP contribution in [0.4, 0.5) is 0 Å². The number of hydrogen-bond acceptors (Lipinski definition) is 3. The van der Waals surface area contributed by atoms with E-state index in [9.17, 15) is 0 Å². The van der Waals surface area contributed by atoms with Crippen molar-refractivity contribution in [3.63, 3.8) is 0 Å². The predicted octanol–water partition coefficient (Wildman–Crippen LogP) is 13.5. The molecule has 13 rings (SSSR count). The first-order valence-corrected chi connectivity index (χ1v) is 20.3. The maximum Gasteiger partial charge on any atom is 0.235 e. The van der Waals surface area contributed by atoms with Crippen molar-refractivity contribution in [3.8, 4) is 28.3 Å². The lowest BCUT2D eigenvalue weighted by Crippen LogP contribution is -2.32. The lowest BCUT2D eigenvalue weighted by atomic mass is 9.67. The summed E-state index contributed by atoms with van der Waals surface area (Å²) in [5.41, 5.74) is 12.5. The molecule has 0 amide bonds. The molecule has 4 heteroatoms. The molecular formula is C53H31N3S. The molecule has 2 aliphatic rings. The van der Waals surface area contributed by atoms with Gasteiger partial charge in [-0.15, -0.1) is 0 Å². The highest BCUT2D eigenvalue weighted by Crippen LogP contribution is 2.62. The highest BCUT2D eigenvalue weighted by molar-refractivity contribution is 7.99. The zero-order valence-electron chi connectivity index (χ0n) is 30.6. The molecule has 0 unspecified atom stereocenters. The van der Waals surface area contributed by atoms with Crippen LogP contribution in [0.5, 0.6) is 0 Å². The van der Waals surface area contributed by atoms with E-state index < -0.39 is 5.41 Å². The average Bonchev–Trinajstić information content (AvgIpc) is 3.76. The van der Waals surface area contributed by atoms with Crippen LogP contribution in [-0.2, 0) is 5.41 Å². The van der Waals surface area contributed by atoms with Crippen molar-refractivity contribution in [1.29, 1.82) is 0 Å². The fourth-order valence-corrected chi connectivity index (χ4v) is 11.3. The third-order valence-electron chi connectivity index (χ3n) is 12.4. The molecule has 0 fully saturated rings. The quantitative estimate of drug-likeness (QED) is 0.177. The van der Waals surface area contributed by atoms with Crippen molar-refractivity contribution < 1.29 is 0 Å². The van der Waals surface area contributed by atoms with Crippen molar-refractivity contribution in [2.24, 2.45) is 0 Å². The van der Waals surface area contributed by atoms with Crippen LogP contribution in [0.15, 0.2) is 198 Å². The smallest absolute Gasteiger partial charge is 0.235 e. The van der Waals surface area contributed by atoms with Gasteiger partial charge in [-0.05, 0) is 91.3 Å². The Kier molecular flexibility index (Phi) is 6.31. The summed E-state index contributed by atoms with van der Waals surface area (Å²) in [6, 6.07) is 68.9.